The number of amides is 1. The van der Waals surface area contributed by atoms with Gasteiger partial charge < -0.3 is 5.32 Å². The zero-order chi connectivity index (χ0) is 11.2. The third kappa shape index (κ3) is 3.53. The Morgan fingerprint density at radius 2 is 2.50 bits per heavy atom. The molecule has 1 aliphatic rings. The zero-order valence-electron chi connectivity index (χ0n) is 8.55. The Kier molecular flexibility index (Phi) is 4.24. The Labute approximate surface area is 102 Å². The van der Waals surface area contributed by atoms with Crippen LogP contribution in [-0.2, 0) is 4.79 Å². The summed E-state index contributed by atoms with van der Waals surface area (Å²) in [7, 11) is 0. The van der Waals surface area contributed by atoms with Gasteiger partial charge in [-0.25, -0.2) is 4.98 Å². The first-order valence-electron chi connectivity index (χ1n) is 4.85. The standard InChI is InChI=1S/C10H11N3OS2/c14-9(7-16-10-12-5-6-15-10)13-8-3-1-2-4-11-8/h1-4H,5-7H2,(H,11,13,14). The van der Waals surface area contributed by atoms with Crippen LogP contribution in [0.25, 0.3) is 0 Å². The fourth-order valence-corrected chi connectivity index (χ4v) is 2.95. The molecule has 0 unspecified atom stereocenters. The number of anilines is 1. The first-order valence-corrected chi connectivity index (χ1v) is 6.82. The van der Waals surface area contributed by atoms with Crippen molar-refractivity contribution in [2.24, 2.45) is 4.99 Å². The summed E-state index contributed by atoms with van der Waals surface area (Å²) >= 11 is 3.19. The van der Waals surface area contributed by atoms with Gasteiger partial charge >= 0.3 is 0 Å². The van der Waals surface area contributed by atoms with Crippen molar-refractivity contribution in [2.75, 3.05) is 23.4 Å². The lowest BCUT2D eigenvalue weighted by atomic mass is 10.4. The van der Waals surface area contributed by atoms with Crippen molar-refractivity contribution in [2.45, 2.75) is 0 Å². The molecule has 1 aromatic rings. The Balaban J connectivity index is 1.76. The maximum atomic E-state index is 11.5. The van der Waals surface area contributed by atoms with Crippen LogP contribution in [0.3, 0.4) is 0 Å². The zero-order valence-corrected chi connectivity index (χ0v) is 10.2. The van der Waals surface area contributed by atoms with E-state index in [4.69, 9.17) is 0 Å². The van der Waals surface area contributed by atoms with Crippen molar-refractivity contribution in [1.29, 1.82) is 0 Å². The van der Waals surface area contributed by atoms with Gasteiger partial charge in [0.25, 0.3) is 0 Å². The van der Waals surface area contributed by atoms with E-state index in [1.54, 1.807) is 24.0 Å². The fraction of sp³-hybridized carbons (Fsp3) is 0.300. The van der Waals surface area contributed by atoms with Gasteiger partial charge in [0.05, 0.1) is 12.3 Å². The van der Waals surface area contributed by atoms with Crippen molar-refractivity contribution in [1.82, 2.24) is 4.98 Å². The molecular formula is C10H11N3OS2. The van der Waals surface area contributed by atoms with E-state index in [0.29, 0.717) is 11.6 Å². The summed E-state index contributed by atoms with van der Waals surface area (Å²) in [6.45, 7) is 0.870. The van der Waals surface area contributed by atoms with Gasteiger partial charge in [0.2, 0.25) is 5.91 Å². The van der Waals surface area contributed by atoms with Gasteiger partial charge in [0.15, 0.2) is 0 Å². The number of aromatic nitrogens is 1. The quantitative estimate of drug-likeness (QED) is 0.893. The molecule has 0 aliphatic carbocycles. The smallest absolute Gasteiger partial charge is 0.235 e. The van der Waals surface area contributed by atoms with E-state index in [9.17, 15) is 4.79 Å². The Hall–Kier alpha value is -1.01. The molecule has 2 rings (SSSR count). The van der Waals surface area contributed by atoms with E-state index in [1.165, 1.54) is 11.8 Å². The van der Waals surface area contributed by atoms with Crippen LogP contribution >= 0.6 is 23.5 Å². The molecule has 1 amide bonds. The number of nitrogens with one attached hydrogen (secondary N) is 1. The maximum absolute atomic E-state index is 11.5. The summed E-state index contributed by atoms with van der Waals surface area (Å²) in [5.74, 6) is 1.97. The third-order valence-electron chi connectivity index (χ3n) is 1.82. The van der Waals surface area contributed by atoms with E-state index in [0.717, 1.165) is 16.7 Å². The number of carbonyl (C=O) groups is 1. The average Bonchev–Trinajstić information content (AvgIpc) is 2.81. The van der Waals surface area contributed by atoms with Gasteiger partial charge in [-0.15, -0.1) is 0 Å². The summed E-state index contributed by atoms with van der Waals surface area (Å²) in [4.78, 5) is 19.8. The molecule has 1 aromatic heterocycles. The predicted molar refractivity (Wildman–Crippen MR) is 70.1 cm³/mol. The molecule has 1 N–H and O–H groups in total. The topological polar surface area (TPSA) is 54.4 Å². The molecule has 0 saturated carbocycles. The molecule has 0 aromatic carbocycles. The first-order chi connectivity index (χ1) is 7.84. The average molecular weight is 253 g/mol. The first kappa shape index (κ1) is 11.5. The Morgan fingerprint density at radius 1 is 1.56 bits per heavy atom. The predicted octanol–water partition coefficient (Wildman–Crippen LogP) is 1.86. The fourth-order valence-electron chi connectivity index (χ4n) is 1.15. The number of rotatable bonds is 3. The molecule has 6 heteroatoms. The highest BCUT2D eigenvalue weighted by molar-refractivity contribution is 8.39. The molecular weight excluding hydrogens is 242 g/mol. The van der Waals surface area contributed by atoms with Crippen LogP contribution in [0.1, 0.15) is 0 Å². The molecule has 16 heavy (non-hydrogen) atoms. The molecule has 0 radical (unpaired) electrons. The second kappa shape index (κ2) is 5.91. The molecule has 0 bridgehead atoms. The van der Waals surface area contributed by atoms with Crippen molar-refractivity contribution < 1.29 is 4.79 Å². The summed E-state index contributed by atoms with van der Waals surface area (Å²) in [6.07, 6.45) is 1.65. The van der Waals surface area contributed by atoms with Gasteiger partial charge in [0.1, 0.15) is 10.2 Å². The summed E-state index contributed by atoms with van der Waals surface area (Å²) in [5.41, 5.74) is 0. The normalized spacial score (nSPS) is 14.6. The van der Waals surface area contributed by atoms with E-state index in [2.05, 4.69) is 15.3 Å². The van der Waals surface area contributed by atoms with Crippen molar-refractivity contribution in [3.63, 3.8) is 0 Å². The molecule has 84 valence electrons. The molecule has 0 fully saturated rings. The van der Waals surface area contributed by atoms with Crippen LogP contribution in [-0.4, -0.2) is 33.3 Å². The van der Waals surface area contributed by atoms with Gasteiger partial charge in [-0.3, -0.25) is 9.79 Å². The van der Waals surface area contributed by atoms with Crippen molar-refractivity contribution in [3.05, 3.63) is 24.4 Å². The van der Waals surface area contributed by atoms with Crippen LogP contribution in [0.2, 0.25) is 0 Å². The number of aliphatic imine (C=N–C) groups is 1. The van der Waals surface area contributed by atoms with Crippen LogP contribution in [0.4, 0.5) is 5.82 Å². The number of pyridine rings is 1. The lowest BCUT2D eigenvalue weighted by Crippen LogP contribution is -2.15. The summed E-state index contributed by atoms with van der Waals surface area (Å²) in [6, 6.07) is 5.42. The second-order valence-corrected chi connectivity index (χ2v) is 5.35. The number of hydrogen-bond acceptors (Lipinski definition) is 5. The van der Waals surface area contributed by atoms with Crippen molar-refractivity contribution in [3.8, 4) is 0 Å². The van der Waals surface area contributed by atoms with Crippen LogP contribution < -0.4 is 5.32 Å². The molecule has 0 atom stereocenters. The minimum Gasteiger partial charge on any atom is -0.310 e. The molecule has 1 aliphatic heterocycles. The Bertz CT molecular complexity index is 394. The highest BCUT2D eigenvalue weighted by atomic mass is 32.2. The number of thioether (sulfide) groups is 2. The van der Waals surface area contributed by atoms with Gasteiger partial charge in [0, 0.05) is 11.9 Å². The van der Waals surface area contributed by atoms with E-state index >= 15 is 0 Å². The van der Waals surface area contributed by atoms with Gasteiger partial charge in [-0.2, -0.15) is 0 Å². The SMILES string of the molecule is O=C(CSC1=NCCS1)Nc1ccccn1. The number of hydrogen-bond donors (Lipinski definition) is 1. The number of carbonyl (C=O) groups excluding carboxylic acids is 1. The lowest BCUT2D eigenvalue weighted by Gasteiger charge is -2.03. The van der Waals surface area contributed by atoms with E-state index in [1.807, 2.05) is 12.1 Å². The molecule has 0 saturated heterocycles. The van der Waals surface area contributed by atoms with Crippen molar-refractivity contribution >= 4 is 39.6 Å². The molecule has 0 spiro atoms. The maximum Gasteiger partial charge on any atom is 0.235 e. The van der Waals surface area contributed by atoms with Gasteiger partial charge in [-0.05, 0) is 12.1 Å². The Morgan fingerprint density at radius 3 is 3.19 bits per heavy atom. The monoisotopic (exact) mass is 253 g/mol. The molecule has 2 heterocycles. The third-order valence-corrected chi connectivity index (χ3v) is 4.07. The van der Waals surface area contributed by atoms with Crippen LogP contribution in [0, 0.1) is 0 Å². The minimum absolute atomic E-state index is 0.0427. The van der Waals surface area contributed by atoms with Crippen LogP contribution in [0.5, 0.6) is 0 Å². The lowest BCUT2D eigenvalue weighted by molar-refractivity contribution is -0.113. The minimum atomic E-state index is -0.0427. The highest BCUT2D eigenvalue weighted by Crippen LogP contribution is 2.21. The summed E-state index contributed by atoms with van der Waals surface area (Å²) < 4.78 is 1.01. The van der Waals surface area contributed by atoms with Gasteiger partial charge in [-0.1, -0.05) is 29.6 Å². The second-order valence-electron chi connectivity index (χ2n) is 3.05. The molecule has 4 nitrogen and oxygen atoms in total. The summed E-state index contributed by atoms with van der Waals surface area (Å²) in [5, 5.41) is 2.73. The van der Waals surface area contributed by atoms with Crippen LogP contribution in [0.15, 0.2) is 29.4 Å². The largest absolute Gasteiger partial charge is 0.310 e. The van der Waals surface area contributed by atoms with E-state index < -0.39 is 0 Å². The number of nitrogens with zero attached hydrogens (tertiary/aromatic N) is 2. The highest BCUT2D eigenvalue weighted by Gasteiger charge is 2.10. The van der Waals surface area contributed by atoms with E-state index in [-0.39, 0.29) is 5.91 Å².